The lowest BCUT2D eigenvalue weighted by Crippen LogP contribution is -2.49. The predicted octanol–water partition coefficient (Wildman–Crippen LogP) is 3.52. The summed E-state index contributed by atoms with van der Waals surface area (Å²) < 4.78 is 27.6. The minimum absolute atomic E-state index is 0.0623. The Labute approximate surface area is 148 Å². The number of carbonyl (C=O) groups excluding carboxylic acids is 1. The van der Waals surface area contributed by atoms with Gasteiger partial charge in [-0.05, 0) is 42.2 Å². The number of benzene rings is 2. The highest BCUT2D eigenvalue weighted by Gasteiger charge is 2.38. The van der Waals surface area contributed by atoms with Crippen molar-refractivity contribution in [2.24, 2.45) is 0 Å². The second kappa shape index (κ2) is 5.88. The Hall–Kier alpha value is -2.34. The van der Waals surface area contributed by atoms with Gasteiger partial charge in [-0.3, -0.25) is 9.10 Å². The van der Waals surface area contributed by atoms with Crippen molar-refractivity contribution in [1.82, 2.24) is 0 Å². The number of carbonyl (C=O) groups is 1. The third-order valence-corrected chi connectivity index (χ3v) is 6.31. The van der Waals surface area contributed by atoms with Crippen molar-refractivity contribution in [3.63, 3.8) is 0 Å². The smallest absolute Gasteiger partial charge is 0.265 e. The number of hydrogen-bond acceptors (Lipinski definition) is 3. The third kappa shape index (κ3) is 3.02. The number of anilines is 2. The third-order valence-electron chi connectivity index (χ3n) is 4.41. The molecule has 1 N–H and O–H groups in total. The van der Waals surface area contributed by atoms with E-state index in [4.69, 9.17) is 0 Å². The molecule has 1 amide bonds. The van der Waals surface area contributed by atoms with Crippen molar-refractivity contribution in [1.29, 1.82) is 0 Å². The van der Waals surface area contributed by atoms with Crippen LogP contribution in [-0.2, 0) is 20.2 Å². The first-order valence-electron chi connectivity index (χ1n) is 8.17. The quantitative estimate of drug-likeness (QED) is 0.893. The predicted molar refractivity (Wildman–Crippen MR) is 99.3 cm³/mol. The van der Waals surface area contributed by atoms with E-state index in [1.165, 1.54) is 4.31 Å². The van der Waals surface area contributed by atoms with Gasteiger partial charge in [-0.25, -0.2) is 8.42 Å². The van der Waals surface area contributed by atoms with Gasteiger partial charge in [-0.1, -0.05) is 45.0 Å². The molecule has 6 heteroatoms. The number of nitrogens with one attached hydrogen (secondary N) is 1. The molecular weight excluding hydrogens is 336 g/mol. The Morgan fingerprint density at radius 3 is 2.20 bits per heavy atom. The fraction of sp³-hybridized carbons (Fsp3) is 0.316. The van der Waals surface area contributed by atoms with Crippen molar-refractivity contribution >= 4 is 27.3 Å². The van der Waals surface area contributed by atoms with Crippen LogP contribution in [0.4, 0.5) is 11.4 Å². The number of para-hydroxylation sites is 2. The first-order valence-corrected chi connectivity index (χ1v) is 9.61. The van der Waals surface area contributed by atoms with Gasteiger partial charge in [0, 0.05) is 0 Å². The van der Waals surface area contributed by atoms with Crippen LogP contribution in [0.25, 0.3) is 0 Å². The van der Waals surface area contributed by atoms with E-state index < -0.39 is 16.1 Å². The molecule has 0 aromatic heterocycles. The van der Waals surface area contributed by atoms with Gasteiger partial charge in [0.1, 0.15) is 6.04 Å². The van der Waals surface area contributed by atoms with Crippen molar-refractivity contribution in [3.8, 4) is 0 Å². The molecule has 0 aliphatic carbocycles. The Morgan fingerprint density at radius 2 is 1.60 bits per heavy atom. The van der Waals surface area contributed by atoms with Crippen molar-refractivity contribution in [2.75, 3.05) is 9.62 Å². The van der Waals surface area contributed by atoms with Crippen molar-refractivity contribution in [2.45, 2.75) is 44.0 Å². The molecule has 1 aliphatic rings. The maximum atomic E-state index is 13.2. The molecule has 1 aliphatic heterocycles. The zero-order valence-electron chi connectivity index (χ0n) is 14.8. The Kier molecular flexibility index (Phi) is 4.11. The molecule has 132 valence electrons. The van der Waals surface area contributed by atoms with Crippen LogP contribution < -0.4 is 9.62 Å². The van der Waals surface area contributed by atoms with Gasteiger partial charge < -0.3 is 5.32 Å². The minimum atomic E-state index is -3.85. The van der Waals surface area contributed by atoms with E-state index in [1.807, 2.05) is 12.1 Å². The Morgan fingerprint density at radius 1 is 1.00 bits per heavy atom. The lowest BCUT2D eigenvalue weighted by atomic mass is 9.87. The van der Waals surface area contributed by atoms with E-state index in [0.717, 1.165) is 5.56 Å². The first kappa shape index (κ1) is 17.5. The number of amides is 1. The fourth-order valence-corrected chi connectivity index (χ4v) is 4.54. The molecular formula is C19H22N2O3S. The zero-order valence-corrected chi connectivity index (χ0v) is 15.6. The fourth-order valence-electron chi connectivity index (χ4n) is 2.90. The van der Waals surface area contributed by atoms with Gasteiger partial charge in [-0.15, -0.1) is 0 Å². The van der Waals surface area contributed by atoms with Crippen LogP contribution in [0.15, 0.2) is 53.4 Å². The van der Waals surface area contributed by atoms with E-state index in [2.05, 4.69) is 26.1 Å². The summed E-state index contributed by atoms with van der Waals surface area (Å²) in [6.07, 6.45) is 0. The molecule has 2 aromatic carbocycles. The summed E-state index contributed by atoms with van der Waals surface area (Å²) in [6, 6.07) is 13.0. The zero-order chi connectivity index (χ0) is 18.4. The molecule has 25 heavy (non-hydrogen) atoms. The molecule has 3 rings (SSSR count). The lowest BCUT2D eigenvalue weighted by molar-refractivity contribution is -0.117. The van der Waals surface area contributed by atoms with Crippen LogP contribution in [0.1, 0.15) is 33.3 Å². The monoisotopic (exact) mass is 358 g/mol. The summed E-state index contributed by atoms with van der Waals surface area (Å²) in [5.74, 6) is -0.339. The molecule has 0 saturated carbocycles. The van der Waals surface area contributed by atoms with Crippen LogP contribution in [-0.4, -0.2) is 20.4 Å². The number of fused-ring (bicyclic) bond motifs is 1. The topological polar surface area (TPSA) is 66.5 Å². The lowest BCUT2D eigenvalue weighted by Gasteiger charge is -2.35. The van der Waals surface area contributed by atoms with E-state index in [-0.39, 0.29) is 16.2 Å². The number of nitrogens with zero attached hydrogens (tertiary/aromatic N) is 1. The second-order valence-electron chi connectivity index (χ2n) is 7.26. The van der Waals surface area contributed by atoms with Crippen molar-refractivity contribution < 1.29 is 13.2 Å². The van der Waals surface area contributed by atoms with Gasteiger partial charge in [-0.2, -0.15) is 0 Å². The van der Waals surface area contributed by atoms with Crippen LogP contribution in [0.3, 0.4) is 0 Å². The van der Waals surface area contributed by atoms with Gasteiger partial charge in [0.15, 0.2) is 0 Å². The van der Waals surface area contributed by atoms with E-state index in [0.29, 0.717) is 11.4 Å². The summed E-state index contributed by atoms with van der Waals surface area (Å²) in [6.45, 7) is 7.81. The summed E-state index contributed by atoms with van der Waals surface area (Å²) in [4.78, 5) is 12.4. The number of hydrogen-bond donors (Lipinski definition) is 1. The van der Waals surface area contributed by atoms with Gasteiger partial charge in [0.25, 0.3) is 10.0 Å². The summed E-state index contributed by atoms with van der Waals surface area (Å²) in [5, 5.41) is 2.75. The van der Waals surface area contributed by atoms with E-state index in [1.54, 1.807) is 43.3 Å². The molecule has 0 unspecified atom stereocenters. The van der Waals surface area contributed by atoms with Crippen LogP contribution >= 0.6 is 0 Å². The first-order chi connectivity index (χ1) is 11.6. The summed E-state index contributed by atoms with van der Waals surface area (Å²) in [5.41, 5.74) is 1.97. The highest BCUT2D eigenvalue weighted by Crippen LogP contribution is 2.36. The number of sulfonamides is 1. The van der Waals surface area contributed by atoms with Gasteiger partial charge >= 0.3 is 0 Å². The molecule has 0 saturated heterocycles. The average molecular weight is 358 g/mol. The standard InChI is InChI=1S/C19H22N2O3S/c1-13-18(22)20-16-7-5-6-8-17(16)21(13)25(23,24)15-11-9-14(10-12-15)19(2,3)4/h5-13H,1-4H3,(H,20,22)/t13-/m1/s1. The van der Waals surface area contributed by atoms with Crippen LogP contribution in [0.5, 0.6) is 0 Å². The molecule has 0 spiro atoms. The maximum absolute atomic E-state index is 13.2. The summed E-state index contributed by atoms with van der Waals surface area (Å²) in [7, 11) is -3.85. The normalized spacial score (nSPS) is 17.8. The second-order valence-corrected chi connectivity index (χ2v) is 9.07. The van der Waals surface area contributed by atoms with E-state index >= 15 is 0 Å². The highest BCUT2D eigenvalue weighted by atomic mass is 32.2. The summed E-state index contributed by atoms with van der Waals surface area (Å²) >= 11 is 0. The largest absolute Gasteiger partial charge is 0.322 e. The van der Waals surface area contributed by atoms with Crippen molar-refractivity contribution in [3.05, 3.63) is 54.1 Å². The highest BCUT2D eigenvalue weighted by molar-refractivity contribution is 7.93. The van der Waals surface area contributed by atoms with Gasteiger partial charge in [0.05, 0.1) is 16.3 Å². The molecule has 0 radical (unpaired) electrons. The molecule has 1 atom stereocenters. The maximum Gasteiger partial charge on any atom is 0.265 e. The SMILES string of the molecule is C[C@@H]1C(=O)Nc2ccccc2N1S(=O)(=O)c1ccc(C(C)(C)C)cc1. The molecule has 5 nitrogen and oxygen atoms in total. The van der Waals surface area contributed by atoms with E-state index in [9.17, 15) is 13.2 Å². The molecule has 1 heterocycles. The number of rotatable bonds is 2. The Bertz CT molecular complexity index is 912. The Balaban J connectivity index is 2.09. The average Bonchev–Trinajstić information content (AvgIpc) is 2.55. The van der Waals surface area contributed by atoms with Gasteiger partial charge in [0.2, 0.25) is 5.91 Å². The molecule has 0 fully saturated rings. The minimum Gasteiger partial charge on any atom is -0.322 e. The van der Waals surface area contributed by atoms with Crippen LogP contribution in [0.2, 0.25) is 0 Å². The van der Waals surface area contributed by atoms with Crippen LogP contribution in [0, 0.1) is 0 Å². The molecule has 2 aromatic rings. The molecule has 0 bridgehead atoms.